The Bertz CT molecular complexity index is 617. The lowest BCUT2D eigenvalue weighted by atomic mass is 10.00. The summed E-state index contributed by atoms with van der Waals surface area (Å²) in [6, 6.07) is 1.15. The maximum atomic E-state index is 12.8. The predicted octanol–water partition coefficient (Wildman–Crippen LogP) is 3.01. The highest BCUT2D eigenvalue weighted by atomic mass is 35.5. The quantitative estimate of drug-likeness (QED) is 0.766. The lowest BCUT2D eigenvalue weighted by molar-refractivity contribution is -0.136. The molecule has 0 spiro atoms. The summed E-state index contributed by atoms with van der Waals surface area (Å²) in [6.07, 6.45) is 6.10. The lowest BCUT2D eigenvalue weighted by Crippen LogP contribution is -2.52. The van der Waals surface area contributed by atoms with Crippen LogP contribution in [0, 0.1) is 0 Å². The van der Waals surface area contributed by atoms with Gasteiger partial charge in [-0.15, -0.1) is 0 Å². The van der Waals surface area contributed by atoms with Gasteiger partial charge >= 0.3 is 0 Å². The zero-order valence-electron chi connectivity index (χ0n) is 12.8. The Hall–Kier alpha value is -1.33. The van der Waals surface area contributed by atoms with Crippen molar-refractivity contribution in [2.24, 2.45) is 0 Å². The van der Waals surface area contributed by atoms with Gasteiger partial charge in [0, 0.05) is 25.8 Å². The van der Waals surface area contributed by atoms with Crippen molar-refractivity contribution in [2.75, 3.05) is 19.6 Å². The molecule has 3 rings (SSSR count). The Labute approximate surface area is 145 Å². The van der Waals surface area contributed by atoms with Crippen LogP contribution in [0.2, 0.25) is 10.2 Å². The zero-order valence-corrected chi connectivity index (χ0v) is 14.3. The van der Waals surface area contributed by atoms with Crippen molar-refractivity contribution in [2.45, 2.75) is 38.1 Å². The summed E-state index contributed by atoms with van der Waals surface area (Å²) < 4.78 is 0. The van der Waals surface area contributed by atoms with E-state index in [9.17, 15) is 9.59 Å². The molecule has 0 aromatic carbocycles. The van der Waals surface area contributed by atoms with E-state index in [1.165, 1.54) is 12.3 Å². The fraction of sp³-hybridized carbons (Fsp3) is 0.562. The molecular formula is C16H19Cl2N3O2. The maximum Gasteiger partial charge on any atom is 0.256 e. The van der Waals surface area contributed by atoms with Gasteiger partial charge in [0.15, 0.2) is 0 Å². The molecule has 0 aliphatic carbocycles. The maximum absolute atomic E-state index is 12.8. The number of pyridine rings is 1. The van der Waals surface area contributed by atoms with Crippen LogP contribution in [-0.2, 0) is 4.79 Å². The first-order valence-electron chi connectivity index (χ1n) is 7.99. The summed E-state index contributed by atoms with van der Waals surface area (Å²) in [5.74, 6) is -0.128. The number of rotatable bonds is 2. The molecule has 124 valence electrons. The van der Waals surface area contributed by atoms with Gasteiger partial charge in [-0.05, 0) is 38.2 Å². The van der Waals surface area contributed by atoms with Crippen LogP contribution < -0.4 is 0 Å². The smallest absolute Gasteiger partial charge is 0.256 e. The van der Waals surface area contributed by atoms with Crippen molar-refractivity contribution in [1.82, 2.24) is 14.8 Å². The van der Waals surface area contributed by atoms with Gasteiger partial charge in [-0.3, -0.25) is 9.59 Å². The molecule has 7 heteroatoms. The largest absolute Gasteiger partial charge is 0.341 e. The highest BCUT2D eigenvalue weighted by molar-refractivity contribution is 6.41. The minimum Gasteiger partial charge on any atom is -0.341 e. The molecule has 1 aromatic rings. The van der Waals surface area contributed by atoms with Crippen LogP contribution >= 0.6 is 23.2 Å². The fourth-order valence-corrected chi connectivity index (χ4v) is 3.55. The van der Waals surface area contributed by atoms with Gasteiger partial charge in [0.05, 0.1) is 10.6 Å². The highest BCUT2D eigenvalue weighted by Gasteiger charge is 2.36. The van der Waals surface area contributed by atoms with Crippen molar-refractivity contribution < 1.29 is 9.59 Å². The molecule has 0 radical (unpaired) electrons. The Kier molecular flexibility index (Phi) is 5.07. The molecule has 2 aliphatic rings. The topological polar surface area (TPSA) is 53.5 Å². The Balaban J connectivity index is 1.81. The summed E-state index contributed by atoms with van der Waals surface area (Å²) in [5, 5.41) is 0.420. The van der Waals surface area contributed by atoms with Crippen LogP contribution in [0.15, 0.2) is 12.3 Å². The molecule has 2 aliphatic heterocycles. The molecule has 1 aromatic heterocycles. The van der Waals surface area contributed by atoms with E-state index < -0.39 is 0 Å². The number of aromatic nitrogens is 1. The number of carbonyl (C=O) groups excluding carboxylic acids is 2. The third kappa shape index (κ3) is 3.45. The van der Waals surface area contributed by atoms with E-state index in [-0.39, 0.29) is 28.0 Å². The van der Waals surface area contributed by atoms with E-state index >= 15 is 0 Å². The van der Waals surface area contributed by atoms with Gasteiger partial charge < -0.3 is 9.80 Å². The average molecular weight is 356 g/mol. The number of amides is 2. The number of carbonyl (C=O) groups is 2. The molecule has 1 unspecified atom stereocenters. The second-order valence-electron chi connectivity index (χ2n) is 6.04. The van der Waals surface area contributed by atoms with Gasteiger partial charge in [0.25, 0.3) is 5.91 Å². The van der Waals surface area contributed by atoms with Gasteiger partial charge in [-0.25, -0.2) is 4.98 Å². The number of hydrogen-bond donors (Lipinski definition) is 0. The Morgan fingerprint density at radius 2 is 1.78 bits per heavy atom. The minimum atomic E-state index is -0.371. The second-order valence-corrected chi connectivity index (χ2v) is 6.80. The molecule has 2 fully saturated rings. The summed E-state index contributed by atoms with van der Waals surface area (Å²) in [4.78, 5) is 33.0. The average Bonchev–Trinajstić information content (AvgIpc) is 3.10. The summed E-state index contributed by atoms with van der Waals surface area (Å²) >= 11 is 11.8. The van der Waals surface area contributed by atoms with Crippen LogP contribution in [0.3, 0.4) is 0 Å². The third-order valence-electron chi connectivity index (χ3n) is 4.51. The molecule has 0 bridgehead atoms. The first kappa shape index (κ1) is 16.5. The highest BCUT2D eigenvalue weighted by Crippen LogP contribution is 2.25. The van der Waals surface area contributed by atoms with Crippen molar-refractivity contribution in [3.05, 3.63) is 28.0 Å². The first-order valence-corrected chi connectivity index (χ1v) is 8.74. The van der Waals surface area contributed by atoms with Crippen molar-refractivity contribution in [3.63, 3.8) is 0 Å². The van der Waals surface area contributed by atoms with Crippen molar-refractivity contribution >= 4 is 35.0 Å². The molecule has 0 N–H and O–H groups in total. The van der Waals surface area contributed by atoms with Crippen molar-refractivity contribution in [3.8, 4) is 0 Å². The Morgan fingerprint density at radius 1 is 1.09 bits per heavy atom. The molecular weight excluding hydrogens is 337 g/mol. The summed E-state index contributed by atoms with van der Waals surface area (Å²) in [6.45, 7) is 2.18. The van der Waals surface area contributed by atoms with E-state index in [2.05, 4.69) is 4.98 Å². The van der Waals surface area contributed by atoms with Gasteiger partial charge in [-0.2, -0.15) is 0 Å². The fourth-order valence-electron chi connectivity index (χ4n) is 3.28. The molecule has 23 heavy (non-hydrogen) atoms. The van der Waals surface area contributed by atoms with E-state index in [0.29, 0.717) is 12.1 Å². The van der Waals surface area contributed by atoms with Crippen LogP contribution in [0.25, 0.3) is 0 Å². The number of hydrogen-bond acceptors (Lipinski definition) is 3. The van der Waals surface area contributed by atoms with Crippen LogP contribution in [-0.4, -0.2) is 52.3 Å². The van der Waals surface area contributed by atoms with Gasteiger partial charge in [0.1, 0.15) is 11.2 Å². The molecule has 3 heterocycles. The van der Waals surface area contributed by atoms with E-state index in [1.807, 2.05) is 4.90 Å². The summed E-state index contributed by atoms with van der Waals surface area (Å²) in [5.41, 5.74) is 0.375. The van der Waals surface area contributed by atoms with Gasteiger partial charge in [0.2, 0.25) is 5.91 Å². The van der Waals surface area contributed by atoms with Crippen LogP contribution in [0.1, 0.15) is 42.5 Å². The third-order valence-corrected chi connectivity index (χ3v) is 5.20. The number of nitrogens with zero attached hydrogens (tertiary/aromatic N) is 3. The Morgan fingerprint density at radius 3 is 2.48 bits per heavy atom. The standard InChI is InChI=1S/C16H19Cl2N3O2/c17-12-9-11(10-19-14(12)18)15(22)21-8-2-1-5-13(21)16(23)20-6-3-4-7-20/h9-10,13H,1-8H2. The monoisotopic (exact) mass is 355 g/mol. The number of piperidine rings is 1. The number of likely N-dealkylation sites (tertiary alicyclic amines) is 2. The SMILES string of the molecule is O=C(C1CCCCN1C(=O)c1cnc(Cl)c(Cl)c1)N1CCCC1. The molecule has 2 saturated heterocycles. The lowest BCUT2D eigenvalue weighted by Gasteiger charge is -2.36. The minimum absolute atomic E-state index is 0.0727. The normalized spacial score (nSPS) is 21.6. The first-order chi connectivity index (χ1) is 11.1. The summed E-state index contributed by atoms with van der Waals surface area (Å²) in [7, 11) is 0. The molecule has 1 atom stereocenters. The molecule has 5 nitrogen and oxygen atoms in total. The molecule has 2 amide bonds. The van der Waals surface area contributed by atoms with E-state index in [4.69, 9.17) is 23.2 Å². The van der Waals surface area contributed by atoms with E-state index in [0.717, 1.165) is 45.2 Å². The second kappa shape index (κ2) is 7.05. The number of halogens is 2. The van der Waals surface area contributed by atoms with Gasteiger partial charge in [-0.1, -0.05) is 23.2 Å². The predicted molar refractivity (Wildman–Crippen MR) is 88.7 cm³/mol. The zero-order chi connectivity index (χ0) is 16.4. The van der Waals surface area contributed by atoms with Crippen LogP contribution in [0.5, 0.6) is 0 Å². The van der Waals surface area contributed by atoms with E-state index in [1.54, 1.807) is 4.90 Å². The molecule has 0 saturated carbocycles. The van der Waals surface area contributed by atoms with Crippen molar-refractivity contribution in [1.29, 1.82) is 0 Å². The van der Waals surface area contributed by atoms with Crippen LogP contribution in [0.4, 0.5) is 0 Å².